The largest absolute Gasteiger partial charge is 0.314 e. The third-order valence-corrected chi connectivity index (χ3v) is 5.02. The Hall–Kier alpha value is -0.930. The molecule has 0 radical (unpaired) electrons. The van der Waals surface area contributed by atoms with Gasteiger partial charge < -0.3 is 10.6 Å². The highest BCUT2D eigenvalue weighted by Crippen LogP contribution is 2.33. The van der Waals surface area contributed by atoms with Gasteiger partial charge in [0.25, 0.3) is 0 Å². The lowest BCUT2D eigenvalue weighted by Gasteiger charge is -2.29. The summed E-state index contributed by atoms with van der Waals surface area (Å²) in [5.41, 5.74) is 1.18. The predicted molar refractivity (Wildman–Crippen MR) is 80.1 cm³/mol. The highest BCUT2D eigenvalue weighted by atomic mass is 19.1. The summed E-state index contributed by atoms with van der Waals surface area (Å²) in [5, 5.41) is 7.44. The van der Waals surface area contributed by atoms with Gasteiger partial charge in [0.15, 0.2) is 0 Å². The molecule has 0 amide bonds. The molecular formula is C17H25FN2. The minimum atomic E-state index is -0.158. The Morgan fingerprint density at radius 3 is 2.65 bits per heavy atom. The average molecular weight is 276 g/mol. The van der Waals surface area contributed by atoms with Crippen LogP contribution in [0.5, 0.6) is 0 Å². The number of hydrogen-bond donors (Lipinski definition) is 2. The highest BCUT2D eigenvalue weighted by Gasteiger charge is 2.35. The second-order valence-electron chi connectivity index (χ2n) is 6.34. The highest BCUT2D eigenvalue weighted by molar-refractivity contribution is 5.19. The Morgan fingerprint density at radius 1 is 1.15 bits per heavy atom. The van der Waals surface area contributed by atoms with E-state index in [9.17, 15) is 4.39 Å². The van der Waals surface area contributed by atoms with Crippen molar-refractivity contribution < 1.29 is 4.39 Å². The second-order valence-corrected chi connectivity index (χ2v) is 6.34. The van der Waals surface area contributed by atoms with E-state index in [-0.39, 0.29) is 5.82 Å². The lowest BCUT2D eigenvalue weighted by Crippen LogP contribution is -2.42. The van der Waals surface area contributed by atoms with Crippen LogP contribution in [0.2, 0.25) is 0 Å². The van der Waals surface area contributed by atoms with Crippen LogP contribution in [-0.4, -0.2) is 18.6 Å². The molecule has 0 aromatic heterocycles. The van der Waals surface area contributed by atoms with Crippen molar-refractivity contribution in [1.29, 1.82) is 0 Å². The fourth-order valence-electron chi connectivity index (χ4n) is 3.92. The quantitative estimate of drug-likeness (QED) is 0.881. The average Bonchev–Trinajstić information content (AvgIpc) is 3.09. The zero-order valence-corrected chi connectivity index (χ0v) is 12.2. The van der Waals surface area contributed by atoms with Crippen LogP contribution in [-0.2, 0) is 0 Å². The van der Waals surface area contributed by atoms with Gasteiger partial charge in [0, 0.05) is 18.1 Å². The molecule has 3 rings (SSSR count). The van der Waals surface area contributed by atoms with Crippen molar-refractivity contribution in [3.63, 3.8) is 0 Å². The maximum Gasteiger partial charge on any atom is 0.123 e. The lowest BCUT2D eigenvalue weighted by molar-refractivity contribution is 0.303. The van der Waals surface area contributed by atoms with Crippen LogP contribution >= 0.6 is 0 Å². The Kier molecular flexibility index (Phi) is 4.37. The van der Waals surface area contributed by atoms with Gasteiger partial charge in [-0.2, -0.15) is 0 Å². The molecule has 0 bridgehead atoms. The summed E-state index contributed by atoms with van der Waals surface area (Å²) in [4.78, 5) is 0. The molecule has 0 spiro atoms. The van der Waals surface area contributed by atoms with Crippen molar-refractivity contribution in [3.8, 4) is 0 Å². The SMILES string of the molecule is C[C@@H](NC1CCCC1C1CCCN1)c1ccc(F)cc1. The minimum Gasteiger partial charge on any atom is -0.314 e. The summed E-state index contributed by atoms with van der Waals surface area (Å²) in [6.45, 7) is 3.37. The molecule has 1 aliphatic heterocycles. The number of nitrogens with one attached hydrogen (secondary N) is 2. The van der Waals surface area contributed by atoms with E-state index < -0.39 is 0 Å². The summed E-state index contributed by atoms with van der Waals surface area (Å²) >= 11 is 0. The van der Waals surface area contributed by atoms with Crippen LogP contribution in [0.25, 0.3) is 0 Å². The fourth-order valence-corrected chi connectivity index (χ4v) is 3.92. The van der Waals surface area contributed by atoms with Crippen LogP contribution < -0.4 is 10.6 Å². The lowest BCUT2D eigenvalue weighted by atomic mass is 9.92. The van der Waals surface area contributed by atoms with E-state index in [1.165, 1.54) is 44.2 Å². The summed E-state index contributed by atoms with van der Waals surface area (Å²) < 4.78 is 13.0. The van der Waals surface area contributed by atoms with Gasteiger partial charge in [-0.1, -0.05) is 18.6 Å². The van der Waals surface area contributed by atoms with Gasteiger partial charge in [-0.15, -0.1) is 0 Å². The van der Waals surface area contributed by atoms with Crippen LogP contribution in [0, 0.1) is 11.7 Å². The topological polar surface area (TPSA) is 24.1 Å². The maximum absolute atomic E-state index is 13.0. The van der Waals surface area contributed by atoms with E-state index in [1.54, 1.807) is 12.1 Å². The molecule has 1 saturated carbocycles. The minimum absolute atomic E-state index is 0.158. The van der Waals surface area contributed by atoms with Crippen molar-refractivity contribution >= 4 is 0 Å². The number of rotatable bonds is 4. The Labute approximate surface area is 121 Å². The van der Waals surface area contributed by atoms with Crippen molar-refractivity contribution in [3.05, 3.63) is 35.6 Å². The zero-order valence-electron chi connectivity index (χ0n) is 12.2. The molecule has 3 unspecified atom stereocenters. The van der Waals surface area contributed by atoms with E-state index in [1.807, 2.05) is 12.1 Å². The molecule has 2 nitrogen and oxygen atoms in total. The van der Waals surface area contributed by atoms with Crippen molar-refractivity contribution in [2.24, 2.45) is 5.92 Å². The van der Waals surface area contributed by atoms with E-state index in [0.717, 1.165) is 5.92 Å². The van der Waals surface area contributed by atoms with Gasteiger partial charge in [-0.3, -0.25) is 0 Å². The molecule has 2 aliphatic rings. The van der Waals surface area contributed by atoms with Gasteiger partial charge >= 0.3 is 0 Å². The third-order valence-electron chi connectivity index (χ3n) is 5.02. The summed E-state index contributed by atoms with van der Waals surface area (Å²) in [6, 6.07) is 8.50. The summed E-state index contributed by atoms with van der Waals surface area (Å²) in [6.07, 6.45) is 6.59. The van der Waals surface area contributed by atoms with Gasteiger partial charge in [0.05, 0.1) is 0 Å². The number of benzene rings is 1. The van der Waals surface area contributed by atoms with Gasteiger partial charge in [-0.05, 0) is 62.8 Å². The first-order valence-corrected chi connectivity index (χ1v) is 7.99. The zero-order chi connectivity index (χ0) is 13.9. The molecule has 2 N–H and O–H groups in total. The molecule has 4 atom stereocenters. The molecule has 20 heavy (non-hydrogen) atoms. The number of hydrogen-bond acceptors (Lipinski definition) is 2. The van der Waals surface area contributed by atoms with Crippen LogP contribution in [0.15, 0.2) is 24.3 Å². The van der Waals surface area contributed by atoms with Gasteiger partial charge in [-0.25, -0.2) is 4.39 Å². The Bertz CT molecular complexity index is 425. The molecule has 110 valence electrons. The molecule has 3 heteroatoms. The molecular weight excluding hydrogens is 251 g/mol. The Morgan fingerprint density at radius 2 is 1.95 bits per heavy atom. The summed E-state index contributed by atoms with van der Waals surface area (Å²) in [7, 11) is 0. The first-order valence-electron chi connectivity index (χ1n) is 7.99. The van der Waals surface area contributed by atoms with Crippen molar-refractivity contribution in [1.82, 2.24) is 10.6 Å². The maximum atomic E-state index is 13.0. The predicted octanol–water partition coefficient (Wildman–Crippen LogP) is 3.40. The third kappa shape index (κ3) is 3.04. The smallest absolute Gasteiger partial charge is 0.123 e. The fraction of sp³-hybridized carbons (Fsp3) is 0.647. The molecule has 1 saturated heterocycles. The monoisotopic (exact) mass is 276 g/mol. The molecule has 1 aliphatic carbocycles. The Balaban J connectivity index is 1.62. The van der Waals surface area contributed by atoms with Crippen LogP contribution in [0.1, 0.15) is 50.6 Å². The number of halogens is 1. The molecule has 1 heterocycles. The van der Waals surface area contributed by atoms with Gasteiger partial charge in [0.2, 0.25) is 0 Å². The molecule has 2 fully saturated rings. The van der Waals surface area contributed by atoms with E-state index in [2.05, 4.69) is 17.6 Å². The van der Waals surface area contributed by atoms with Crippen LogP contribution in [0.4, 0.5) is 4.39 Å². The van der Waals surface area contributed by atoms with E-state index >= 15 is 0 Å². The first-order chi connectivity index (χ1) is 9.74. The van der Waals surface area contributed by atoms with Crippen molar-refractivity contribution in [2.45, 2.75) is 57.2 Å². The van der Waals surface area contributed by atoms with Crippen molar-refractivity contribution in [2.75, 3.05) is 6.54 Å². The van der Waals surface area contributed by atoms with Gasteiger partial charge in [0.1, 0.15) is 5.82 Å². The second kappa shape index (κ2) is 6.23. The summed E-state index contributed by atoms with van der Waals surface area (Å²) in [5.74, 6) is 0.607. The van der Waals surface area contributed by atoms with Crippen LogP contribution in [0.3, 0.4) is 0 Å². The standard InChI is InChI=1S/C17H25FN2/c1-12(13-7-9-14(18)10-8-13)20-17-5-2-4-15(17)16-6-3-11-19-16/h7-10,12,15-17,19-20H,2-6,11H2,1H3/t12-,15?,16?,17?/m1/s1. The van der Waals surface area contributed by atoms with E-state index in [4.69, 9.17) is 0 Å². The first kappa shape index (κ1) is 14.0. The molecule has 1 aromatic carbocycles. The van der Waals surface area contributed by atoms with E-state index in [0.29, 0.717) is 18.1 Å². The molecule has 1 aromatic rings. The normalized spacial score (nSPS) is 31.6.